The number of carbonyl (C=O) groups is 1. The SMILES string of the molecule is CCC(Nc1nsnc1Nc1cccc(C(=O)N2CCC[C@H]2CO)c1O)c1cc(C)co1. The fourth-order valence-electron chi connectivity index (χ4n) is 3.93. The lowest BCUT2D eigenvalue weighted by molar-refractivity contribution is 0.0674. The molecule has 0 bridgehead atoms. The van der Waals surface area contributed by atoms with Crippen molar-refractivity contribution in [2.75, 3.05) is 23.8 Å². The van der Waals surface area contributed by atoms with Crippen molar-refractivity contribution in [3.63, 3.8) is 0 Å². The number of hydrogen-bond donors (Lipinski definition) is 4. The summed E-state index contributed by atoms with van der Waals surface area (Å²) in [7, 11) is 0. The number of nitrogens with zero attached hydrogens (tertiary/aromatic N) is 3. The van der Waals surface area contributed by atoms with Crippen molar-refractivity contribution in [1.29, 1.82) is 0 Å². The average molecular weight is 458 g/mol. The molecule has 4 N–H and O–H groups in total. The molecular formula is C22H27N5O4S. The van der Waals surface area contributed by atoms with Gasteiger partial charge >= 0.3 is 0 Å². The number of aliphatic hydroxyl groups is 1. The lowest BCUT2D eigenvalue weighted by Gasteiger charge is -2.24. The molecule has 1 amide bonds. The normalized spacial score (nSPS) is 16.8. The van der Waals surface area contributed by atoms with E-state index in [4.69, 9.17) is 4.42 Å². The number of amides is 1. The molecule has 170 valence electrons. The summed E-state index contributed by atoms with van der Waals surface area (Å²) in [4.78, 5) is 14.6. The number of anilines is 3. The Morgan fingerprint density at radius 1 is 1.38 bits per heavy atom. The van der Waals surface area contributed by atoms with Crippen molar-refractivity contribution in [2.24, 2.45) is 0 Å². The molecule has 0 spiro atoms. The molecule has 0 radical (unpaired) electrons. The van der Waals surface area contributed by atoms with Gasteiger partial charge in [-0.15, -0.1) is 0 Å². The van der Waals surface area contributed by atoms with Crippen LogP contribution < -0.4 is 10.6 Å². The van der Waals surface area contributed by atoms with E-state index in [9.17, 15) is 15.0 Å². The highest BCUT2D eigenvalue weighted by Crippen LogP contribution is 2.35. The molecule has 10 heteroatoms. The second kappa shape index (κ2) is 9.58. The predicted molar refractivity (Wildman–Crippen MR) is 123 cm³/mol. The monoisotopic (exact) mass is 457 g/mol. The fourth-order valence-corrected chi connectivity index (χ4v) is 4.41. The number of para-hydroxylation sites is 1. The van der Waals surface area contributed by atoms with Crippen LogP contribution in [0.4, 0.5) is 17.3 Å². The standard InChI is InChI=1S/C22H27N5O4S/c1-3-16(18-10-13(2)12-31-18)23-20-21(26-32-25-20)24-17-8-4-7-15(19(17)29)22(30)27-9-5-6-14(27)11-28/h4,7-8,10,12,14,16,28-29H,3,5-6,9,11H2,1-2H3,(H,23,25)(H,24,26)/t14-,16?/m0/s1. The Hall–Kier alpha value is -3.11. The molecule has 32 heavy (non-hydrogen) atoms. The zero-order valence-corrected chi connectivity index (χ0v) is 18.9. The molecule has 1 unspecified atom stereocenters. The molecule has 3 heterocycles. The van der Waals surface area contributed by atoms with Gasteiger partial charge in [0.05, 0.1) is 47.9 Å². The van der Waals surface area contributed by atoms with Crippen LogP contribution >= 0.6 is 11.7 Å². The Balaban J connectivity index is 1.54. The molecule has 1 aliphatic rings. The molecule has 2 atom stereocenters. The van der Waals surface area contributed by atoms with Crippen molar-refractivity contribution in [2.45, 2.75) is 45.2 Å². The fraction of sp³-hybridized carbons (Fsp3) is 0.409. The molecule has 9 nitrogen and oxygen atoms in total. The van der Waals surface area contributed by atoms with Gasteiger partial charge in [-0.3, -0.25) is 4.79 Å². The Bertz CT molecular complexity index is 1080. The number of phenolic OH excluding ortho intramolecular Hbond substituents is 1. The van der Waals surface area contributed by atoms with Crippen LogP contribution in [0.2, 0.25) is 0 Å². The summed E-state index contributed by atoms with van der Waals surface area (Å²) >= 11 is 1.04. The summed E-state index contributed by atoms with van der Waals surface area (Å²) in [6.07, 6.45) is 4.08. The number of nitrogens with one attached hydrogen (secondary N) is 2. The van der Waals surface area contributed by atoms with Crippen molar-refractivity contribution in [3.8, 4) is 5.75 Å². The average Bonchev–Trinajstić information content (AvgIpc) is 3.54. The maximum Gasteiger partial charge on any atom is 0.258 e. The van der Waals surface area contributed by atoms with E-state index in [0.717, 1.165) is 42.3 Å². The minimum Gasteiger partial charge on any atom is -0.505 e. The van der Waals surface area contributed by atoms with E-state index in [1.165, 1.54) is 0 Å². The number of aryl methyl sites for hydroxylation is 1. The first-order chi connectivity index (χ1) is 15.5. The largest absolute Gasteiger partial charge is 0.505 e. The van der Waals surface area contributed by atoms with E-state index in [1.54, 1.807) is 29.4 Å². The molecule has 3 aromatic rings. The van der Waals surface area contributed by atoms with Crippen LogP contribution in [0.5, 0.6) is 5.75 Å². The molecular weight excluding hydrogens is 430 g/mol. The summed E-state index contributed by atoms with van der Waals surface area (Å²) in [6.45, 7) is 4.49. The third kappa shape index (κ3) is 4.42. The van der Waals surface area contributed by atoms with E-state index < -0.39 is 0 Å². The Morgan fingerprint density at radius 3 is 2.91 bits per heavy atom. The third-order valence-corrected chi connectivity index (χ3v) is 6.20. The summed E-state index contributed by atoms with van der Waals surface area (Å²) in [5.41, 5.74) is 1.58. The minimum absolute atomic E-state index is 0.0831. The quantitative estimate of drug-likeness (QED) is 0.374. The van der Waals surface area contributed by atoms with Gasteiger partial charge in [0.2, 0.25) is 0 Å². The summed E-state index contributed by atoms with van der Waals surface area (Å²) in [5, 5.41) is 26.8. The Kier molecular flexibility index (Phi) is 6.61. The Morgan fingerprint density at radius 2 is 2.19 bits per heavy atom. The van der Waals surface area contributed by atoms with Gasteiger partial charge in [0.25, 0.3) is 5.91 Å². The maximum atomic E-state index is 13.0. The molecule has 1 saturated heterocycles. The number of likely N-dealkylation sites (tertiary alicyclic amines) is 1. The molecule has 4 rings (SSSR count). The molecule has 2 aromatic heterocycles. The topological polar surface area (TPSA) is 124 Å². The van der Waals surface area contributed by atoms with Crippen molar-refractivity contribution in [3.05, 3.63) is 47.4 Å². The highest BCUT2D eigenvalue weighted by molar-refractivity contribution is 6.99. The van der Waals surface area contributed by atoms with Crippen LogP contribution in [-0.4, -0.2) is 49.0 Å². The zero-order valence-electron chi connectivity index (χ0n) is 18.0. The smallest absolute Gasteiger partial charge is 0.258 e. The molecule has 0 saturated carbocycles. The number of aromatic hydroxyl groups is 1. The number of aromatic nitrogens is 2. The molecule has 1 fully saturated rings. The number of benzene rings is 1. The van der Waals surface area contributed by atoms with Gasteiger partial charge in [0.1, 0.15) is 5.76 Å². The van der Waals surface area contributed by atoms with Gasteiger partial charge in [-0.1, -0.05) is 13.0 Å². The van der Waals surface area contributed by atoms with Gasteiger partial charge in [-0.05, 0) is 49.9 Å². The summed E-state index contributed by atoms with van der Waals surface area (Å²) < 4.78 is 14.3. The lowest BCUT2D eigenvalue weighted by atomic mass is 10.1. The summed E-state index contributed by atoms with van der Waals surface area (Å²) in [5.74, 6) is 1.34. The van der Waals surface area contributed by atoms with Crippen LogP contribution in [0.1, 0.15) is 53.9 Å². The highest BCUT2D eigenvalue weighted by atomic mass is 32.1. The van der Waals surface area contributed by atoms with Crippen molar-refractivity contribution >= 4 is 35.0 Å². The predicted octanol–water partition coefficient (Wildman–Crippen LogP) is 4.05. The van der Waals surface area contributed by atoms with Gasteiger partial charge in [-0.2, -0.15) is 8.75 Å². The number of aliphatic hydroxyl groups excluding tert-OH is 1. The van der Waals surface area contributed by atoms with Crippen LogP contribution in [0, 0.1) is 6.92 Å². The molecule has 0 aliphatic carbocycles. The van der Waals surface area contributed by atoms with Crippen LogP contribution in [-0.2, 0) is 0 Å². The van der Waals surface area contributed by atoms with Crippen molar-refractivity contribution < 1.29 is 19.4 Å². The van der Waals surface area contributed by atoms with Gasteiger partial charge < -0.3 is 30.2 Å². The molecule has 1 aromatic carbocycles. The van der Waals surface area contributed by atoms with E-state index in [2.05, 4.69) is 19.4 Å². The number of rotatable bonds is 8. The van der Waals surface area contributed by atoms with Crippen molar-refractivity contribution in [1.82, 2.24) is 13.6 Å². The second-order valence-electron chi connectivity index (χ2n) is 7.90. The first-order valence-electron chi connectivity index (χ1n) is 10.7. The number of hydrogen-bond acceptors (Lipinski definition) is 9. The highest BCUT2D eigenvalue weighted by Gasteiger charge is 2.30. The van der Waals surface area contributed by atoms with Crippen LogP contribution in [0.3, 0.4) is 0 Å². The lowest BCUT2D eigenvalue weighted by Crippen LogP contribution is -2.37. The third-order valence-electron chi connectivity index (χ3n) is 5.67. The van der Waals surface area contributed by atoms with Gasteiger partial charge in [0.15, 0.2) is 17.4 Å². The number of phenols is 1. The zero-order chi connectivity index (χ0) is 22.7. The van der Waals surface area contributed by atoms with Crippen LogP contribution in [0.25, 0.3) is 0 Å². The minimum atomic E-state index is -0.295. The number of carbonyl (C=O) groups excluding carboxylic acids is 1. The first-order valence-corrected chi connectivity index (χ1v) is 11.4. The van der Waals surface area contributed by atoms with Crippen LogP contribution in [0.15, 0.2) is 34.9 Å². The summed E-state index contributed by atoms with van der Waals surface area (Å²) in [6, 6.07) is 6.64. The van der Waals surface area contributed by atoms with E-state index in [0.29, 0.717) is 23.9 Å². The van der Waals surface area contributed by atoms with E-state index in [-0.39, 0.29) is 35.9 Å². The number of furan rings is 1. The maximum absolute atomic E-state index is 13.0. The van der Waals surface area contributed by atoms with E-state index in [1.807, 2.05) is 19.9 Å². The van der Waals surface area contributed by atoms with E-state index >= 15 is 0 Å². The second-order valence-corrected chi connectivity index (χ2v) is 8.43. The van der Waals surface area contributed by atoms with Gasteiger partial charge in [-0.25, -0.2) is 0 Å². The van der Waals surface area contributed by atoms with Gasteiger partial charge in [0, 0.05) is 6.54 Å². The Labute approximate surface area is 190 Å². The molecule has 1 aliphatic heterocycles. The first kappa shape index (κ1) is 22.1.